The summed E-state index contributed by atoms with van der Waals surface area (Å²) in [4.78, 5) is 12.9. The molecule has 1 unspecified atom stereocenters. The number of rotatable bonds is 6. The molecule has 142 valence electrons. The maximum Gasteiger partial charge on any atom is 0.249 e. The fourth-order valence-corrected chi connectivity index (χ4v) is 3.63. The molecule has 0 fully saturated rings. The van der Waals surface area contributed by atoms with Gasteiger partial charge in [-0.2, -0.15) is 0 Å². The van der Waals surface area contributed by atoms with Gasteiger partial charge in [-0.3, -0.25) is 4.79 Å². The summed E-state index contributed by atoms with van der Waals surface area (Å²) in [5, 5.41) is 11.0. The van der Waals surface area contributed by atoms with Gasteiger partial charge in [0.15, 0.2) is 0 Å². The highest BCUT2D eigenvalue weighted by atomic mass is 32.2. The van der Waals surface area contributed by atoms with Crippen LogP contribution in [-0.4, -0.2) is 47.7 Å². The van der Waals surface area contributed by atoms with Crippen molar-refractivity contribution in [2.75, 3.05) is 19.4 Å². The van der Waals surface area contributed by atoms with Gasteiger partial charge >= 0.3 is 0 Å². The molecule has 27 heavy (non-hydrogen) atoms. The van der Waals surface area contributed by atoms with Gasteiger partial charge < -0.3 is 5.32 Å². The molecular weight excluding hydrogens is 366 g/mol. The summed E-state index contributed by atoms with van der Waals surface area (Å²) in [5.41, 5.74) is 2.02. The second-order valence-corrected chi connectivity index (χ2v) is 8.40. The second-order valence-electron chi connectivity index (χ2n) is 6.25. The molecule has 0 aliphatic rings. The van der Waals surface area contributed by atoms with Crippen molar-refractivity contribution in [3.63, 3.8) is 0 Å². The summed E-state index contributed by atoms with van der Waals surface area (Å²) in [6, 6.07) is 13.0. The predicted molar refractivity (Wildman–Crippen MR) is 103 cm³/mol. The van der Waals surface area contributed by atoms with Crippen LogP contribution >= 0.6 is 0 Å². The number of anilines is 1. The van der Waals surface area contributed by atoms with Crippen LogP contribution in [0.15, 0.2) is 53.4 Å². The van der Waals surface area contributed by atoms with Crippen LogP contribution in [0, 0.1) is 0 Å². The van der Waals surface area contributed by atoms with Crippen LogP contribution < -0.4 is 5.32 Å². The molecule has 1 heterocycles. The van der Waals surface area contributed by atoms with E-state index >= 15 is 0 Å². The number of hydrogen-bond acceptors (Lipinski definition) is 5. The van der Waals surface area contributed by atoms with Crippen LogP contribution in [0.4, 0.5) is 5.69 Å². The van der Waals surface area contributed by atoms with Crippen LogP contribution in [0.1, 0.15) is 19.4 Å². The predicted octanol–water partition coefficient (Wildman–Crippen LogP) is 2.27. The average molecular weight is 387 g/mol. The van der Waals surface area contributed by atoms with E-state index in [0.29, 0.717) is 12.1 Å². The van der Waals surface area contributed by atoms with Gasteiger partial charge in [-0.15, -0.1) is 5.10 Å². The van der Waals surface area contributed by atoms with Gasteiger partial charge in [-0.25, -0.2) is 17.4 Å². The first-order valence-corrected chi connectivity index (χ1v) is 9.92. The number of carbonyl (C=O) groups excluding carboxylic acids is 1. The van der Waals surface area contributed by atoms with Crippen molar-refractivity contribution in [1.82, 2.24) is 19.3 Å². The Morgan fingerprint density at radius 1 is 1.15 bits per heavy atom. The Bertz CT molecular complexity index is 1060. The quantitative estimate of drug-likeness (QED) is 0.700. The fourth-order valence-electron chi connectivity index (χ4n) is 2.73. The zero-order valence-electron chi connectivity index (χ0n) is 15.3. The molecule has 9 heteroatoms. The normalized spacial score (nSPS) is 13.0. The molecule has 0 bridgehead atoms. The maximum absolute atomic E-state index is 12.7. The van der Waals surface area contributed by atoms with E-state index in [1.54, 1.807) is 16.8 Å². The Morgan fingerprint density at radius 2 is 1.81 bits per heavy atom. The molecular formula is C18H21N5O3S. The minimum Gasteiger partial charge on any atom is -0.324 e. The molecule has 3 aromatic rings. The highest BCUT2D eigenvalue weighted by Crippen LogP contribution is 2.21. The molecule has 0 aliphatic carbocycles. The lowest BCUT2D eigenvalue weighted by molar-refractivity contribution is -0.119. The van der Waals surface area contributed by atoms with Crippen molar-refractivity contribution in [3.05, 3.63) is 48.5 Å². The standard InChI is InChI=1S/C18H21N5O3S/c1-4-16(23-17-8-6-5-7-15(17)20-21-23)18(24)19-13-9-11-14(12-10-13)27(25,26)22(2)3/h5-12,16H,4H2,1-3H3,(H,19,24). The van der Waals surface area contributed by atoms with Gasteiger partial charge in [-0.1, -0.05) is 24.3 Å². The fraction of sp³-hybridized carbons (Fsp3) is 0.278. The van der Waals surface area contributed by atoms with Crippen molar-refractivity contribution in [1.29, 1.82) is 0 Å². The van der Waals surface area contributed by atoms with Crippen molar-refractivity contribution < 1.29 is 13.2 Å². The smallest absolute Gasteiger partial charge is 0.249 e. The first-order valence-electron chi connectivity index (χ1n) is 8.48. The van der Waals surface area contributed by atoms with Crippen molar-refractivity contribution in [2.45, 2.75) is 24.3 Å². The molecule has 1 N–H and O–H groups in total. The van der Waals surface area contributed by atoms with E-state index < -0.39 is 16.1 Å². The molecule has 0 aliphatic heterocycles. The molecule has 0 saturated carbocycles. The number of benzene rings is 2. The minimum absolute atomic E-state index is 0.166. The number of nitrogens with zero attached hydrogens (tertiary/aromatic N) is 4. The Kier molecular flexibility index (Phi) is 5.24. The number of hydrogen-bond donors (Lipinski definition) is 1. The van der Waals surface area contributed by atoms with Crippen molar-refractivity contribution in [3.8, 4) is 0 Å². The zero-order chi connectivity index (χ0) is 19.6. The molecule has 2 aromatic carbocycles. The van der Waals surface area contributed by atoms with Crippen LogP contribution in [-0.2, 0) is 14.8 Å². The Hall–Kier alpha value is -2.78. The summed E-state index contributed by atoms with van der Waals surface area (Å²) in [7, 11) is -0.562. The number of amides is 1. The van der Waals surface area contributed by atoms with E-state index in [2.05, 4.69) is 15.6 Å². The lowest BCUT2D eigenvalue weighted by Gasteiger charge is -2.16. The zero-order valence-corrected chi connectivity index (χ0v) is 16.1. The minimum atomic E-state index is -3.50. The van der Waals surface area contributed by atoms with Crippen molar-refractivity contribution in [2.24, 2.45) is 0 Å². The highest BCUT2D eigenvalue weighted by molar-refractivity contribution is 7.89. The van der Waals surface area contributed by atoms with Gasteiger partial charge in [0.1, 0.15) is 11.6 Å². The molecule has 0 radical (unpaired) electrons. The topological polar surface area (TPSA) is 97.2 Å². The number of sulfonamides is 1. The van der Waals surface area contributed by atoms with E-state index in [9.17, 15) is 13.2 Å². The molecule has 3 rings (SSSR count). The Balaban J connectivity index is 1.81. The highest BCUT2D eigenvalue weighted by Gasteiger charge is 2.22. The summed E-state index contributed by atoms with van der Waals surface area (Å²) in [6.45, 7) is 1.90. The second kappa shape index (κ2) is 7.45. The van der Waals surface area contributed by atoms with E-state index in [1.807, 2.05) is 31.2 Å². The molecule has 0 saturated heterocycles. The monoisotopic (exact) mass is 387 g/mol. The third-order valence-corrected chi connectivity index (χ3v) is 6.09. The lowest BCUT2D eigenvalue weighted by atomic mass is 10.2. The Morgan fingerprint density at radius 3 is 2.44 bits per heavy atom. The third kappa shape index (κ3) is 3.69. The number of carbonyl (C=O) groups is 1. The van der Waals surface area contributed by atoms with Gasteiger partial charge in [0, 0.05) is 19.8 Å². The SMILES string of the molecule is CCC(C(=O)Nc1ccc(S(=O)(=O)N(C)C)cc1)n1nnc2ccccc21. The summed E-state index contributed by atoms with van der Waals surface area (Å²) in [6.07, 6.45) is 0.534. The van der Waals surface area contributed by atoms with Crippen LogP contribution in [0.25, 0.3) is 11.0 Å². The van der Waals surface area contributed by atoms with E-state index in [1.165, 1.54) is 26.2 Å². The Labute approximate surface area is 157 Å². The number of aromatic nitrogens is 3. The van der Waals surface area contributed by atoms with Crippen LogP contribution in [0.3, 0.4) is 0 Å². The number of para-hydroxylation sites is 1. The first-order chi connectivity index (χ1) is 12.8. The molecule has 1 atom stereocenters. The van der Waals surface area contributed by atoms with E-state index in [-0.39, 0.29) is 10.8 Å². The lowest BCUT2D eigenvalue weighted by Crippen LogP contribution is -2.26. The van der Waals surface area contributed by atoms with Gasteiger partial charge in [0.05, 0.1) is 10.4 Å². The van der Waals surface area contributed by atoms with Gasteiger partial charge in [-0.05, 0) is 42.8 Å². The molecule has 1 aromatic heterocycles. The summed E-state index contributed by atoms with van der Waals surface area (Å²) in [5.74, 6) is -0.239. The summed E-state index contributed by atoms with van der Waals surface area (Å²) < 4.78 is 27.0. The summed E-state index contributed by atoms with van der Waals surface area (Å²) >= 11 is 0. The van der Waals surface area contributed by atoms with Crippen LogP contribution in [0.5, 0.6) is 0 Å². The van der Waals surface area contributed by atoms with E-state index in [4.69, 9.17) is 0 Å². The van der Waals surface area contributed by atoms with E-state index in [0.717, 1.165) is 15.3 Å². The maximum atomic E-state index is 12.7. The largest absolute Gasteiger partial charge is 0.324 e. The first kappa shape index (κ1) is 19.0. The van der Waals surface area contributed by atoms with Gasteiger partial charge in [0.25, 0.3) is 0 Å². The van der Waals surface area contributed by atoms with Crippen LogP contribution in [0.2, 0.25) is 0 Å². The number of nitrogens with one attached hydrogen (secondary N) is 1. The number of fused-ring (bicyclic) bond motifs is 1. The van der Waals surface area contributed by atoms with Gasteiger partial charge in [0.2, 0.25) is 15.9 Å². The van der Waals surface area contributed by atoms with Crippen molar-refractivity contribution >= 4 is 32.7 Å². The third-order valence-electron chi connectivity index (χ3n) is 4.26. The molecule has 8 nitrogen and oxygen atoms in total. The average Bonchev–Trinajstić information content (AvgIpc) is 3.07. The molecule has 0 spiro atoms. The molecule has 1 amide bonds.